The summed E-state index contributed by atoms with van der Waals surface area (Å²) in [7, 11) is -1.48. The fraction of sp³-hybridized carbons (Fsp3) is 0.833. The first-order valence-corrected chi connectivity index (χ1v) is 7.17. The van der Waals surface area contributed by atoms with Gasteiger partial charge in [-0.15, -0.1) is 16.8 Å². The van der Waals surface area contributed by atoms with Gasteiger partial charge in [0.15, 0.2) is 0 Å². The van der Waals surface area contributed by atoms with E-state index in [1.54, 1.807) is 0 Å². The molecular weight excluding hydrogens is 166 g/mol. The van der Waals surface area contributed by atoms with Crippen molar-refractivity contribution in [2.24, 2.45) is 5.16 Å². The summed E-state index contributed by atoms with van der Waals surface area (Å²) < 4.78 is 5.22. The Morgan fingerprint density at radius 3 is 2.30 bits per heavy atom. The smallest absolute Gasteiger partial charge is 0.278 e. The van der Waals surface area contributed by atoms with Crippen LogP contribution >= 0.6 is 11.6 Å². The zero-order chi connectivity index (χ0) is 8.20. The van der Waals surface area contributed by atoms with Crippen LogP contribution in [0, 0.1) is 0 Å². The molecule has 2 nitrogen and oxygen atoms in total. The van der Waals surface area contributed by atoms with Crippen LogP contribution in [0.2, 0.25) is 19.6 Å². The fourth-order valence-corrected chi connectivity index (χ4v) is 0.718. The minimum Gasteiger partial charge on any atom is -0.456 e. The number of rotatable bonds is 3. The van der Waals surface area contributed by atoms with Crippen molar-refractivity contribution < 1.29 is 4.53 Å². The van der Waals surface area contributed by atoms with Gasteiger partial charge in [-0.05, 0) is 26.6 Å². The van der Waals surface area contributed by atoms with E-state index in [1.165, 1.54) is 0 Å². The van der Waals surface area contributed by atoms with Crippen molar-refractivity contribution in [3.63, 3.8) is 0 Å². The maximum absolute atomic E-state index is 5.49. The van der Waals surface area contributed by atoms with E-state index < -0.39 is 8.32 Å². The third kappa shape index (κ3) is 6.10. The molecule has 4 heteroatoms. The Morgan fingerprint density at radius 2 is 2.00 bits per heavy atom. The van der Waals surface area contributed by atoms with Gasteiger partial charge >= 0.3 is 0 Å². The molecule has 0 aromatic carbocycles. The normalized spacial score (nSPS) is 13.5. The molecule has 0 spiro atoms. The second-order valence-corrected chi connectivity index (χ2v) is 7.84. The number of nitrogens with zero attached hydrogens (tertiary/aromatic N) is 1. The van der Waals surface area contributed by atoms with E-state index >= 15 is 0 Å². The van der Waals surface area contributed by atoms with Crippen LogP contribution in [0.1, 0.15) is 6.92 Å². The van der Waals surface area contributed by atoms with Gasteiger partial charge in [0.05, 0.1) is 11.6 Å². The van der Waals surface area contributed by atoms with Crippen LogP contribution in [-0.4, -0.2) is 19.9 Å². The van der Waals surface area contributed by atoms with Crippen LogP contribution in [-0.2, 0) is 4.53 Å². The van der Waals surface area contributed by atoms with Gasteiger partial charge in [0, 0.05) is 0 Å². The van der Waals surface area contributed by atoms with Crippen LogP contribution in [0.4, 0.5) is 0 Å². The van der Waals surface area contributed by atoms with Crippen LogP contribution < -0.4 is 0 Å². The molecule has 0 radical (unpaired) electrons. The molecule has 0 aliphatic rings. The first-order valence-electron chi connectivity index (χ1n) is 3.23. The molecule has 0 heterocycles. The summed E-state index contributed by atoms with van der Waals surface area (Å²) in [6.45, 7) is 8.10. The average Bonchev–Trinajstić information content (AvgIpc) is 1.81. The molecule has 0 saturated heterocycles. The highest BCUT2D eigenvalue weighted by Gasteiger charge is 2.15. The lowest BCUT2D eigenvalue weighted by atomic mass is 10.5. The van der Waals surface area contributed by atoms with Gasteiger partial charge in [-0.25, -0.2) is 0 Å². The molecule has 0 saturated carbocycles. The number of hydrogen-bond acceptors (Lipinski definition) is 2. The summed E-state index contributed by atoms with van der Waals surface area (Å²) >= 11 is 5.49. The van der Waals surface area contributed by atoms with Crippen molar-refractivity contribution in [3.05, 3.63) is 0 Å². The molecule has 0 N–H and O–H groups in total. The number of hydrogen-bond donors (Lipinski definition) is 0. The SMILES string of the molecule is C/C(CCl)=N\O[Si](C)(C)C. The predicted octanol–water partition coefficient (Wildman–Crippen LogP) is 2.45. The molecule has 0 aromatic heterocycles. The van der Waals surface area contributed by atoms with E-state index in [0.717, 1.165) is 5.71 Å². The van der Waals surface area contributed by atoms with Crippen molar-refractivity contribution in [2.45, 2.75) is 26.6 Å². The quantitative estimate of drug-likeness (QED) is 0.282. The van der Waals surface area contributed by atoms with Crippen molar-refractivity contribution >= 4 is 25.6 Å². The summed E-state index contributed by atoms with van der Waals surface area (Å²) in [6.07, 6.45) is 0. The van der Waals surface area contributed by atoms with Gasteiger partial charge < -0.3 is 4.53 Å². The van der Waals surface area contributed by atoms with Crippen molar-refractivity contribution in [1.29, 1.82) is 0 Å². The third-order valence-corrected chi connectivity index (χ3v) is 1.69. The average molecular weight is 180 g/mol. The summed E-state index contributed by atoms with van der Waals surface area (Å²) in [6, 6.07) is 0. The first-order chi connectivity index (χ1) is 4.45. The Kier molecular flexibility index (Phi) is 3.97. The molecule has 0 amide bonds. The highest BCUT2D eigenvalue weighted by atomic mass is 35.5. The van der Waals surface area contributed by atoms with E-state index in [1.807, 2.05) is 6.92 Å². The lowest BCUT2D eigenvalue weighted by Gasteiger charge is -2.12. The summed E-state index contributed by atoms with van der Waals surface area (Å²) in [5.41, 5.74) is 0.837. The third-order valence-electron chi connectivity index (χ3n) is 0.669. The largest absolute Gasteiger partial charge is 0.456 e. The number of halogens is 1. The summed E-state index contributed by atoms with van der Waals surface area (Å²) in [4.78, 5) is 0. The van der Waals surface area contributed by atoms with E-state index in [0.29, 0.717) is 5.88 Å². The monoisotopic (exact) mass is 179 g/mol. The standard InChI is InChI=1S/C6H14ClNOSi/c1-6(5-7)8-9-10(2,3)4/h5H2,1-4H3/b8-6+. The van der Waals surface area contributed by atoms with Gasteiger partial charge in [-0.3, -0.25) is 0 Å². The van der Waals surface area contributed by atoms with Gasteiger partial charge in [0.25, 0.3) is 8.32 Å². The fourth-order valence-electron chi connectivity index (χ4n) is 0.239. The van der Waals surface area contributed by atoms with E-state index in [2.05, 4.69) is 24.8 Å². The molecule has 0 aromatic rings. The number of oxime groups is 1. The topological polar surface area (TPSA) is 21.6 Å². The van der Waals surface area contributed by atoms with Crippen LogP contribution in [0.15, 0.2) is 5.16 Å². The minimum atomic E-state index is -1.48. The predicted molar refractivity (Wildman–Crippen MR) is 48.3 cm³/mol. The van der Waals surface area contributed by atoms with Gasteiger partial charge in [0.1, 0.15) is 0 Å². The Labute approximate surface area is 68.3 Å². The van der Waals surface area contributed by atoms with Crippen molar-refractivity contribution in [1.82, 2.24) is 0 Å². The van der Waals surface area contributed by atoms with Gasteiger partial charge in [-0.2, -0.15) is 0 Å². The second-order valence-electron chi connectivity index (χ2n) is 3.16. The minimum absolute atomic E-state index is 0.449. The summed E-state index contributed by atoms with van der Waals surface area (Å²) in [5, 5.41) is 3.86. The lowest BCUT2D eigenvalue weighted by Crippen LogP contribution is -2.22. The molecule has 0 unspecified atom stereocenters. The zero-order valence-electron chi connectivity index (χ0n) is 6.94. The van der Waals surface area contributed by atoms with Gasteiger partial charge in [0.2, 0.25) is 0 Å². The first kappa shape index (κ1) is 9.98. The van der Waals surface area contributed by atoms with Crippen molar-refractivity contribution in [2.75, 3.05) is 5.88 Å². The van der Waals surface area contributed by atoms with E-state index in [9.17, 15) is 0 Å². The maximum atomic E-state index is 5.49. The maximum Gasteiger partial charge on any atom is 0.278 e. The molecule has 10 heavy (non-hydrogen) atoms. The van der Waals surface area contributed by atoms with E-state index in [-0.39, 0.29) is 0 Å². The molecule has 0 fully saturated rings. The molecular formula is C6H14ClNOSi. The van der Waals surface area contributed by atoms with Crippen LogP contribution in [0.5, 0.6) is 0 Å². The highest BCUT2D eigenvalue weighted by molar-refractivity contribution is 6.69. The lowest BCUT2D eigenvalue weighted by molar-refractivity contribution is 0.335. The van der Waals surface area contributed by atoms with Gasteiger partial charge in [-0.1, -0.05) is 0 Å². The summed E-state index contributed by atoms with van der Waals surface area (Å²) in [5.74, 6) is 0.449. The Morgan fingerprint density at radius 1 is 1.50 bits per heavy atom. The molecule has 0 bridgehead atoms. The highest BCUT2D eigenvalue weighted by Crippen LogP contribution is 2.02. The molecule has 0 aliphatic carbocycles. The second kappa shape index (κ2) is 3.98. The molecule has 0 atom stereocenters. The molecule has 0 aliphatic heterocycles. The van der Waals surface area contributed by atoms with Crippen molar-refractivity contribution in [3.8, 4) is 0 Å². The zero-order valence-corrected chi connectivity index (χ0v) is 8.70. The van der Waals surface area contributed by atoms with Crippen LogP contribution in [0.25, 0.3) is 0 Å². The Bertz CT molecular complexity index is 130. The number of alkyl halides is 1. The molecule has 60 valence electrons. The Hall–Kier alpha value is -0.0231. The Balaban J connectivity index is 3.73. The van der Waals surface area contributed by atoms with Crippen LogP contribution in [0.3, 0.4) is 0 Å². The van der Waals surface area contributed by atoms with E-state index in [4.69, 9.17) is 16.1 Å². The molecule has 0 rings (SSSR count).